The van der Waals surface area contributed by atoms with Gasteiger partial charge in [0.1, 0.15) is 0 Å². The zero-order valence-corrected chi connectivity index (χ0v) is 15.0. The fourth-order valence-electron chi connectivity index (χ4n) is 4.04. The highest BCUT2D eigenvalue weighted by molar-refractivity contribution is 7.07. The number of nitrogens with one attached hydrogen (secondary N) is 1. The van der Waals surface area contributed by atoms with Crippen LogP contribution in [0.2, 0.25) is 0 Å². The molecule has 23 heavy (non-hydrogen) atoms. The van der Waals surface area contributed by atoms with Gasteiger partial charge >= 0.3 is 0 Å². The van der Waals surface area contributed by atoms with Crippen molar-refractivity contribution in [1.29, 1.82) is 0 Å². The molecule has 0 spiro atoms. The fraction of sp³-hybridized carbons (Fsp3) is 0.737. The van der Waals surface area contributed by atoms with Crippen LogP contribution < -0.4 is 5.32 Å². The molecule has 1 saturated carbocycles. The van der Waals surface area contributed by atoms with Gasteiger partial charge < -0.3 is 5.32 Å². The van der Waals surface area contributed by atoms with Crippen molar-refractivity contribution in [2.24, 2.45) is 5.92 Å². The molecule has 2 fully saturated rings. The molecule has 1 saturated heterocycles. The molecule has 128 valence electrons. The summed E-state index contributed by atoms with van der Waals surface area (Å²) in [5, 5.41) is 7.69. The fourth-order valence-corrected chi connectivity index (χ4v) is 4.74. The van der Waals surface area contributed by atoms with Gasteiger partial charge in [0.25, 0.3) is 0 Å². The third-order valence-electron chi connectivity index (χ3n) is 5.45. The van der Waals surface area contributed by atoms with Gasteiger partial charge in [-0.3, -0.25) is 9.69 Å². The molecule has 1 atom stereocenters. The maximum Gasteiger partial charge on any atom is 0.223 e. The molecule has 2 aliphatic rings. The number of hydrogen-bond acceptors (Lipinski definition) is 3. The lowest BCUT2D eigenvalue weighted by Crippen LogP contribution is -2.40. The Labute approximate surface area is 144 Å². The van der Waals surface area contributed by atoms with Crippen molar-refractivity contribution in [2.75, 3.05) is 19.6 Å². The second kappa shape index (κ2) is 8.84. The lowest BCUT2D eigenvalue weighted by Gasteiger charge is -2.31. The van der Waals surface area contributed by atoms with E-state index in [0.29, 0.717) is 11.9 Å². The van der Waals surface area contributed by atoms with E-state index in [2.05, 4.69) is 27.0 Å². The average Bonchev–Trinajstić information content (AvgIpc) is 2.99. The first-order chi connectivity index (χ1) is 11.3. The summed E-state index contributed by atoms with van der Waals surface area (Å²) >= 11 is 1.76. The van der Waals surface area contributed by atoms with E-state index in [1.807, 2.05) is 0 Å². The van der Waals surface area contributed by atoms with Gasteiger partial charge in [0.05, 0.1) is 6.04 Å². The van der Waals surface area contributed by atoms with Crippen molar-refractivity contribution < 1.29 is 4.79 Å². The van der Waals surface area contributed by atoms with Gasteiger partial charge in [-0.25, -0.2) is 0 Å². The first-order valence-electron chi connectivity index (χ1n) is 9.38. The third kappa shape index (κ3) is 4.80. The molecule has 1 N–H and O–H groups in total. The maximum atomic E-state index is 12.5. The zero-order chi connectivity index (χ0) is 15.9. The largest absolute Gasteiger partial charge is 0.354 e. The Morgan fingerprint density at radius 2 is 1.83 bits per heavy atom. The molecule has 3 nitrogen and oxygen atoms in total. The van der Waals surface area contributed by atoms with Crippen molar-refractivity contribution in [3.8, 4) is 0 Å². The Morgan fingerprint density at radius 3 is 2.48 bits per heavy atom. The smallest absolute Gasteiger partial charge is 0.223 e. The normalized spacial score (nSPS) is 22.4. The van der Waals surface area contributed by atoms with E-state index in [4.69, 9.17) is 0 Å². The summed E-state index contributed by atoms with van der Waals surface area (Å²) < 4.78 is 0. The van der Waals surface area contributed by atoms with E-state index >= 15 is 0 Å². The molecular weight excluding hydrogens is 304 g/mol. The predicted molar refractivity (Wildman–Crippen MR) is 96.7 cm³/mol. The summed E-state index contributed by atoms with van der Waals surface area (Å²) in [6, 6.07) is 2.58. The maximum absolute atomic E-state index is 12.5. The molecule has 1 amide bonds. The summed E-state index contributed by atoms with van der Waals surface area (Å²) in [4.78, 5) is 15.1. The first-order valence-corrected chi connectivity index (χ1v) is 10.3. The molecule has 0 radical (unpaired) electrons. The number of carbonyl (C=O) groups is 1. The molecule has 1 unspecified atom stereocenters. The van der Waals surface area contributed by atoms with Gasteiger partial charge in [-0.2, -0.15) is 11.3 Å². The van der Waals surface area contributed by atoms with E-state index in [-0.39, 0.29) is 5.92 Å². The second-order valence-corrected chi connectivity index (χ2v) is 7.88. The van der Waals surface area contributed by atoms with Crippen molar-refractivity contribution in [1.82, 2.24) is 10.2 Å². The number of amides is 1. The van der Waals surface area contributed by atoms with Crippen LogP contribution in [-0.4, -0.2) is 30.4 Å². The summed E-state index contributed by atoms with van der Waals surface area (Å²) in [6.45, 7) is 3.10. The topological polar surface area (TPSA) is 32.3 Å². The monoisotopic (exact) mass is 334 g/mol. The summed E-state index contributed by atoms with van der Waals surface area (Å²) in [7, 11) is 0. The minimum Gasteiger partial charge on any atom is -0.354 e. The standard InChI is InChI=1S/C19H30N2OS/c22-19(16-8-4-3-5-9-16)20-14-18(17-10-13-23-15-17)21-11-6-1-2-7-12-21/h10,13,15-16,18H,1-9,11-12,14H2,(H,20,22). The van der Waals surface area contributed by atoms with Gasteiger partial charge in [-0.05, 0) is 61.2 Å². The van der Waals surface area contributed by atoms with Crippen molar-refractivity contribution in [2.45, 2.75) is 63.8 Å². The van der Waals surface area contributed by atoms with Crippen LogP contribution in [0.3, 0.4) is 0 Å². The Morgan fingerprint density at radius 1 is 1.13 bits per heavy atom. The molecule has 0 aromatic carbocycles. The zero-order valence-electron chi connectivity index (χ0n) is 14.1. The van der Waals surface area contributed by atoms with Crippen LogP contribution in [0.4, 0.5) is 0 Å². The summed E-state index contributed by atoms with van der Waals surface area (Å²) in [5.74, 6) is 0.552. The van der Waals surface area contributed by atoms with Crippen molar-refractivity contribution >= 4 is 17.2 Å². The Hall–Kier alpha value is -0.870. The average molecular weight is 335 g/mol. The van der Waals surface area contributed by atoms with Crippen LogP contribution in [0.15, 0.2) is 16.8 Å². The predicted octanol–water partition coefficient (Wildman–Crippen LogP) is 4.36. The molecule has 1 aliphatic heterocycles. The number of carbonyl (C=O) groups excluding carboxylic acids is 1. The van der Waals surface area contributed by atoms with E-state index in [0.717, 1.165) is 19.4 Å². The van der Waals surface area contributed by atoms with E-state index in [1.54, 1.807) is 11.3 Å². The van der Waals surface area contributed by atoms with Gasteiger partial charge in [-0.15, -0.1) is 0 Å². The van der Waals surface area contributed by atoms with Gasteiger partial charge in [0, 0.05) is 12.5 Å². The SMILES string of the molecule is O=C(NCC(c1ccsc1)N1CCCCCC1)C1CCCCC1. The van der Waals surface area contributed by atoms with Crippen LogP contribution in [0.1, 0.15) is 69.4 Å². The van der Waals surface area contributed by atoms with E-state index < -0.39 is 0 Å². The molecule has 0 bridgehead atoms. The number of likely N-dealkylation sites (tertiary alicyclic amines) is 1. The minimum atomic E-state index is 0.260. The Bertz CT molecular complexity index is 460. The number of nitrogens with zero attached hydrogens (tertiary/aromatic N) is 1. The highest BCUT2D eigenvalue weighted by Gasteiger charge is 2.25. The van der Waals surface area contributed by atoms with Crippen LogP contribution in [-0.2, 0) is 4.79 Å². The Balaban J connectivity index is 1.60. The highest BCUT2D eigenvalue weighted by Crippen LogP contribution is 2.27. The van der Waals surface area contributed by atoms with E-state index in [1.165, 1.54) is 63.6 Å². The van der Waals surface area contributed by atoms with Gasteiger partial charge in [-0.1, -0.05) is 32.1 Å². The van der Waals surface area contributed by atoms with Gasteiger partial charge in [0.2, 0.25) is 5.91 Å². The molecule has 1 aromatic rings. The van der Waals surface area contributed by atoms with Crippen LogP contribution in [0.25, 0.3) is 0 Å². The van der Waals surface area contributed by atoms with Crippen molar-refractivity contribution in [3.05, 3.63) is 22.4 Å². The minimum absolute atomic E-state index is 0.260. The lowest BCUT2D eigenvalue weighted by atomic mass is 9.88. The quantitative estimate of drug-likeness (QED) is 0.867. The summed E-state index contributed by atoms with van der Waals surface area (Å²) in [6.07, 6.45) is 11.2. The molecule has 2 heterocycles. The summed E-state index contributed by atoms with van der Waals surface area (Å²) in [5.41, 5.74) is 1.38. The van der Waals surface area contributed by atoms with Crippen LogP contribution >= 0.6 is 11.3 Å². The van der Waals surface area contributed by atoms with Crippen LogP contribution in [0, 0.1) is 5.92 Å². The molecular formula is C19H30N2OS. The number of rotatable bonds is 5. The molecule has 1 aliphatic carbocycles. The molecule has 1 aromatic heterocycles. The number of hydrogen-bond donors (Lipinski definition) is 1. The molecule has 3 rings (SSSR count). The second-order valence-electron chi connectivity index (χ2n) is 7.10. The van der Waals surface area contributed by atoms with Crippen LogP contribution in [0.5, 0.6) is 0 Å². The number of thiophene rings is 1. The lowest BCUT2D eigenvalue weighted by molar-refractivity contribution is -0.126. The van der Waals surface area contributed by atoms with E-state index in [9.17, 15) is 4.79 Å². The first kappa shape index (κ1) is 17.0. The third-order valence-corrected chi connectivity index (χ3v) is 6.16. The highest BCUT2D eigenvalue weighted by atomic mass is 32.1. The van der Waals surface area contributed by atoms with Crippen molar-refractivity contribution in [3.63, 3.8) is 0 Å². The van der Waals surface area contributed by atoms with Gasteiger partial charge in [0.15, 0.2) is 0 Å². The Kier molecular flexibility index (Phi) is 6.52. The molecule has 4 heteroatoms.